The van der Waals surface area contributed by atoms with Crippen LogP contribution in [0, 0.1) is 6.92 Å². The van der Waals surface area contributed by atoms with Crippen molar-refractivity contribution in [2.45, 2.75) is 25.7 Å². The highest BCUT2D eigenvalue weighted by atomic mass is 32.1. The lowest BCUT2D eigenvalue weighted by atomic mass is 10.2. The van der Waals surface area contributed by atoms with Crippen LogP contribution < -0.4 is 5.32 Å². The van der Waals surface area contributed by atoms with Gasteiger partial charge in [-0.1, -0.05) is 0 Å². The normalized spacial score (nSPS) is 14.9. The Morgan fingerprint density at radius 1 is 1.35 bits per heavy atom. The van der Waals surface area contributed by atoms with Crippen molar-refractivity contribution in [2.75, 3.05) is 12.4 Å². The zero-order chi connectivity index (χ0) is 11.8. The van der Waals surface area contributed by atoms with Gasteiger partial charge >= 0.3 is 0 Å². The van der Waals surface area contributed by atoms with E-state index in [0.717, 1.165) is 17.3 Å². The van der Waals surface area contributed by atoms with Gasteiger partial charge in [0.15, 0.2) is 0 Å². The number of hydrogen-bond donors (Lipinski definition) is 1. The van der Waals surface area contributed by atoms with Gasteiger partial charge in [-0.2, -0.15) is 0 Å². The quantitative estimate of drug-likeness (QED) is 0.900. The number of anilines is 1. The SMILES string of the molecule is CNc1cc(-c2sccc2C)nc(C2CC2)n1. The second-order valence-corrected chi connectivity index (χ2v) is 5.37. The first-order chi connectivity index (χ1) is 8.28. The maximum absolute atomic E-state index is 4.71. The molecule has 0 unspecified atom stereocenters. The number of hydrogen-bond acceptors (Lipinski definition) is 4. The summed E-state index contributed by atoms with van der Waals surface area (Å²) in [5, 5.41) is 5.24. The molecule has 17 heavy (non-hydrogen) atoms. The maximum Gasteiger partial charge on any atom is 0.134 e. The molecule has 88 valence electrons. The van der Waals surface area contributed by atoms with E-state index in [1.165, 1.54) is 23.3 Å². The van der Waals surface area contributed by atoms with Crippen LogP contribution in [-0.2, 0) is 0 Å². The number of rotatable bonds is 3. The van der Waals surface area contributed by atoms with Crippen molar-refractivity contribution >= 4 is 17.2 Å². The van der Waals surface area contributed by atoms with E-state index in [0.29, 0.717) is 5.92 Å². The predicted molar refractivity (Wildman–Crippen MR) is 71.6 cm³/mol. The molecular weight excluding hydrogens is 230 g/mol. The number of nitrogens with zero attached hydrogens (tertiary/aromatic N) is 2. The fraction of sp³-hybridized carbons (Fsp3) is 0.385. The molecule has 3 nitrogen and oxygen atoms in total. The Morgan fingerprint density at radius 2 is 2.18 bits per heavy atom. The summed E-state index contributed by atoms with van der Waals surface area (Å²) in [6.45, 7) is 2.13. The molecule has 2 aromatic rings. The van der Waals surface area contributed by atoms with Crippen molar-refractivity contribution in [3.05, 3.63) is 28.9 Å². The lowest BCUT2D eigenvalue weighted by molar-refractivity contribution is 0.933. The second-order valence-electron chi connectivity index (χ2n) is 4.45. The monoisotopic (exact) mass is 245 g/mol. The lowest BCUT2D eigenvalue weighted by Gasteiger charge is -2.06. The summed E-state index contributed by atoms with van der Waals surface area (Å²) in [7, 11) is 1.91. The molecular formula is C13H15N3S. The molecule has 4 heteroatoms. The molecule has 3 rings (SSSR count). The van der Waals surface area contributed by atoms with Crippen LogP contribution in [0.25, 0.3) is 10.6 Å². The summed E-state index contributed by atoms with van der Waals surface area (Å²) in [6, 6.07) is 4.17. The van der Waals surface area contributed by atoms with Crippen molar-refractivity contribution < 1.29 is 0 Å². The molecule has 0 atom stereocenters. The fourth-order valence-electron chi connectivity index (χ4n) is 1.87. The molecule has 2 aromatic heterocycles. The van der Waals surface area contributed by atoms with E-state index in [1.54, 1.807) is 11.3 Å². The van der Waals surface area contributed by atoms with E-state index in [1.807, 2.05) is 13.1 Å². The van der Waals surface area contributed by atoms with E-state index >= 15 is 0 Å². The van der Waals surface area contributed by atoms with Gasteiger partial charge in [0.05, 0.1) is 10.6 Å². The van der Waals surface area contributed by atoms with E-state index in [-0.39, 0.29) is 0 Å². The summed E-state index contributed by atoms with van der Waals surface area (Å²) in [6.07, 6.45) is 2.46. The molecule has 0 amide bonds. The second kappa shape index (κ2) is 4.11. The molecule has 0 spiro atoms. The molecule has 1 fully saturated rings. The minimum atomic E-state index is 0.585. The van der Waals surface area contributed by atoms with Crippen LogP contribution in [0.3, 0.4) is 0 Å². The third-order valence-corrected chi connectivity index (χ3v) is 4.08. The van der Waals surface area contributed by atoms with Crippen molar-refractivity contribution in [3.8, 4) is 10.6 Å². The van der Waals surface area contributed by atoms with Crippen molar-refractivity contribution in [2.24, 2.45) is 0 Å². The number of aryl methyl sites for hydroxylation is 1. The molecule has 0 radical (unpaired) electrons. The van der Waals surface area contributed by atoms with Crippen molar-refractivity contribution in [1.29, 1.82) is 0 Å². The van der Waals surface area contributed by atoms with Crippen LogP contribution in [0.5, 0.6) is 0 Å². The third-order valence-electron chi connectivity index (χ3n) is 3.04. The van der Waals surface area contributed by atoms with Gasteiger partial charge in [-0.05, 0) is 36.8 Å². The molecule has 1 saturated carbocycles. The summed E-state index contributed by atoms with van der Waals surface area (Å²) < 4.78 is 0. The third kappa shape index (κ3) is 2.05. The van der Waals surface area contributed by atoms with E-state index in [9.17, 15) is 0 Å². The number of thiophene rings is 1. The molecule has 1 aliphatic rings. The van der Waals surface area contributed by atoms with Gasteiger partial charge in [-0.15, -0.1) is 11.3 Å². The van der Waals surface area contributed by atoms with Gasteiger partial charge in [-0.3, -0.25) is 0 Å². The average Bonchev–Trinajstić information content (AvgIpc) is 3.11. The molecule has 1 aliphatic carbocycles. The standard InChI is InChI=1S/C13H15N3S/c1-8-5-6-17-12(8)10-7-11(14-2)16-13(15-10)9-3-4-9/h5-7,9H,3-4H2,1-2H3,(H,14,15,16). The average molecular weight is 245 g/mol. The highest BCUT2D eigenvalue weighted by Crippen LogP contribution is 2.39. The Balaban J connectivity index is 2.09. The smallest absolute Gasteiger partial charge is 0.134 e. The highest BCUT2D eigenvalue weighted by molar-refractivity contribution is 7.13. The molecule has 1 N–H and O–H groups in total. The summed E-state index contributed by atoms with van der Waals surface area (Å²) in [5.74, 6) is 2.51. The molecule has 0 aromatic carbocycles. The molecule has 0 bridgehead atoms. The molecule has 0 saturated heterocycles. The minimum absolute atomic E-state index is 0.585. The lowest BCUT2D eigenvalue weighted by Crippen LogP contribution is -2.00. The van der Waals surface area contributed by atoms with Crippen molar-refractivity contribution in [3.63, 3.8) is 0 Å². The van der Waals surface area contributed by atoms with Crippen LogP contribution in [0.15, 0.2) is 17.5 Å². The first-order valence-electron chi connectivity index (χ1n) is 5.89. The molecule has 0 aliphatic heterocycles. The first-order valence-corrected chi connectivity index (χ1v) is 6.77. The Hall–Kier alpha value is -1.42. The summed E-state index contributed by atoms with van der Waals surface area (Å²) in [5.41, 5.74) is 2.34. The van der Waals surface area contributed by atoms with Crippen LogP contribution in [0.4, 0.5) is 5.82 Å². The Morgan fingerprint density at radius 3 is 2.76 bits per heavy atom. The van der Waals surface area contributed by atoms with Gasteiger partial charge in [0.25, 0.3) is 0 Å². The van der Waals surface area contributed by atoms with Crippen LogP contribution >= 0.6 is 11.3 Å². The Labute approximate surface area is 105 Å². The van der Waals surface area contributed by atoms with Crippen LogP contribution in [0.2, 0.25) is 0 Å². The summed E-state index contributed by atoms with van der Waals surface area (Å²) >= 11 is 1.74. The van der Waals surface area contributed by atoms with E-state index in [4.69, 9.17) is 4.98 Å². The van der Waals surface area contributed by atoms with Crippen LogP contribution in [-0.4, -0.2) is 17.0 Å². The number of aromatic nitrogens is 2. The minimum Gasteiger partial charge on any atom is -0.373 e. The Bertz CT molecular complexity index is 543. The van der Waals surface area contributed by atoms with Gasteiger partial charge in [0.2, 0.25) is 0 Å². The maximum atomic E-state index is 4.71. The van der Waals surface area contributed by atoms with Crippen LogP contribution in [0.1, 0.15) is 30.1 Å². The largest absolute Gasteiger partial charge is 0.373 e. The van der Waals surface area contributed by atoms with Crippen molar-refractivity contribution in [1.82, 2.24) is 9.97 Å². The van der Waals surface area contributed by atoms with Gasteiger partial charge in [0.1, 0.15) is 11.6 Å². The Kier molecular flexibility index (Phi) is 2.59. The highest BCUT2D eigenvalue weighted by Gasteiger charge is 2.27. The zero-order valence-electron chi connectivity index (χ0n) is 10.0. The fourth-order valence-corrected chi connectivity index (χ4v) is 2.76. The van der Waals surface area contributed by atoms with Gasteiger partial charge in [0, 0.05) is 19.0 Å². The zero-order valence-corrected chi connectivity index (χ0v) is 10.8. The van der Waals surface area contributed by atoms with Gasteiger partial charge < -0.3 is 5.32 Å². The molecule has 2 heterocycles. The van der Waals surface area contributed by atoms with E-state index < -0.39 is 0 Å². The first kappa shape index (κ1) is 10.7. The topological polar surface area (TPSA) is 37.8 Å². The van der Waals surface area contributed by atoms with E-state index in [2.05, 4.69) is 28.7 Å². The summed E-state index contributed by atoms with van der Waals surface area (Å²) in [4.78, 5) is 10.5. The predicted octanol–water partition coefficient (Wildman–Crippen LogP) is 3.43. The van der Waals surface area contributed by atoms with Gasteiger partial charge in [-0.25, -0.2) is 9.97 Å². The number of nitrogens with one attached hydrogen (secondary N) is 1.